The molecule has 5 heteroatoms. The number of fused-ring (bicyclic) bond motifs is 1. The van der Waals surface area contributed by atoms with Crippen molar-refractivity contribution in [3.05, 3.63) is 48.5 Å². The summed E-state index contributed by atoms with van der Waals surface area (Å²) in [4.78, 5) is 9.99. The van der Waals surface area contributed by atoms with Crippen molar-refractivity contribution < 1.29 is 9.47 Å². The van der Waals surface area contributed by atoms with Crippen LogP contribution in [0.15, 0.2) is 48.5 Å². The molecule has 0 spiro atoms. The van der Waals surface area contributed by atoms with E-state index < -0.39 is 0 Å². The second-order valence-corrected chi connectivity index (χ2v) is 7.01. The summed E-state index contributed by atoms with van der Waals surface area (Å²) >= 11 is 0. The fraction of sp³-hybridized carbons (Fsp3) is 0.348. The van der Waals surface area contributed by atoms with Gasteiger partial charge in [0, 0.05) is 37.1 Å². The van der Waals surface area contributed by atoms with E-state index in [0.717, 1.165) is 55.5 Å². The van der Waals surface area contributed by atoms with Crippen LogP contribution >= 0.6 is 0 Å². The lowest BCUT2D eigenvalue weighted by Crippen LogP contribution is -2.46. The van der Waals surface area contributed by atoms with Crippen molar-refractivity contribution in [1.82, 2.24) is 9.88 Å². The van der Waals surface area contributed by atoms with E-state index in [-0.39, 0.29) is 0 Å². The molecule has 0 amide bonds. The molecule has 1 fully saturated rings. The number of anilines is 1. The summed E-state index contributed by atoms with van der Waals surface area (Å²) in [5.74, 6) is 2.48. The summed E-state index contributed by atoms with van der Waals surface area (Å²) < 4.78 is 11.2. The molecule has 3 aromatic rings. The highest BCUT2D eigenvalue weighted by Crippen LogP contribution is 2.39. The third-order valence-electron chi connectivity index (χ3n) is 5.52. The summed E-state index contributed by atoms with van der Waals surface area (Å²) in [5.41, 5.74) is 1.85. The van der Waals surface area contributed by atoms with Gasteiger partial charge in [-0.25, -0.2) is 4.98 Å². The summed E-state index contributed by atoms with van der Waals surface area (Å²) in [6, 6.07) is 16.5. The minimum Gasteiger partial charge on any atom is -0.493 e. The third-order valence-corrected chi connectivity index (χ3v) is 5.52. The van der Waals surface area contributed by atoms with Crippen LogP contribution in [-0.4, -0.2) is 56.8 Å². The smallest absolute Gasteiger partial charge is 0.170 e. The number of hydrogen-bond donors (Lipinski definition) is 0. The topological polar surface area (TPSA) is 37.8 Å². The number of aromatic nitrogens is 1. The first-order valence-corrected chi connectivity index (χ1v) is 9.83. The molecule has 5 nitrogen and oxygen atoms in total. The number of methoxy groups -OCH3 is 2. The third kappa shape index (κ3) is 3.38. The van der Waals surface area contributed by atoms with Crippen LogP contribution < -0.4 is 14.4 Å². The first-order valence-electron chi connectivity index (χ1n) is 9.83. The zero-order valence-corrected chi connectivity index (χ0v) is 16.8. The Bertz CT molecular complexity index is 965. The van der Waals surface area contributed by atoms with Crippen LogP contribution in [0, 0.1) is 0 Å². The Kier molecular flexibility index (Phi) is 5.35. The van der Waals surface area contributed by atoms with Crippen molar-refractivity contribution in [2.75, 3.05) is 51.8 Å². The molecule has 0 bridgehead atoms. The van der Waals surface area contributed by atoms with Gasteiger partial charge in [0.2, 0.25) is 0 Å². The van der Waals surface area contributed by atoms with E-state index in [2.05, 4.69) is 47.1 Å². The molecule has 4 rings (SSSR count). The van der Waals surface area contributed by atoms with E-state index in [9.17, 15) is 0 Å². The summed E-state index contributed by atoms with van der Waals surface area (Å²) in [6.07, 6.45) is 0. The lowest BCUT2D eigenvalue weighted by Gasteiger charge is -2.35. The van der Waals surface area contributed by atoms with Crippen molar-refractivity contribution in [2.45, 2.75) is 6.92 Å². The van der Waals surface area contributed by atoms with Crippen molar-refractivity contribution in [1.29, 1.82) is 0 Å². The minimum atomic E-state index is 0.716. The monoisotopic (exact) mass is 377 g/mol. The quantitative estimate of drug-likeness (QED) is 0.670. The second kappa shape index (κ2) is 8.07. The van der Waals surface area contributed by atoms with Crippen molar-refractivity contribution >= 4 is 16.6 Å². The summed E-state index contributed by atoms with van der Waals surface area (Å²) in [6.45, 7) is 7.44. The molecule has 1 aliphatic rings. The number of hydrogen-bond acceptors (Lipinski definition) is 5. The average molecular weight is 377 g/mol. The number of nitrogens with zero attached hydrogens (tertiary/aromatic N) is 3. The SMILES string of the molecule is CCN1CCN(c2nc(-c3cccc(OC)c3OC)cc3ccccc23)CC1. The Morgan fingerprint density at radius 1 is 0.929 bits per heavy atom. The van der Waals surface area contributed by atoms with Crippen LogP contribution in [-0.2, 0) is 0 Å². The molecule has 2 aromatic carbocycles. The lowest BCUT2D eigenvalue weighted by molar-refractivity contribution is 0.271. The van der Waals surface area contributed by atoms with Gasteiger partial charge in [0.1, 0.15) is 5.82 Å². The molecular weight excluding hydrogens is 350 g/mol. The maximum Gasteiger partial charge on any atom is 0.170 e. The highest BCUT2D eigenvalue weighted by atomic mass is 16.5. The van der Waals surface area contributed by atoms with E-state index in [1.54, 1.807) is 14.2 Å². The second-order valence-electron chi connectivity index (χ2n) is 7.01. The molecule has 0 aliphatic carbocycles. The molecule has 146 valence electrons. The van der Waals surface area contributed by atoms with Gasteiger partial charge in [-0.1, -0.05) is 37.3 Å². The predicted molar refractivity (Wildman–Crippen MR) is 115 cm³/mol. The Morgan fingerprint density at radius 2 is 1.71 bits per heavy atom. The van der Waals surface area contributed by atoms with Crippen LogP contribution in [0.4, 0.5) is 5.82 Å². The summed E-state index contributed by atoms with van der Waals surface area (Å²) in [7, 11) is 3.33. The summed E-state index contributed by atoms with van der Waals surface area (Å²) in [5, 5.41) is 2.38. The van der Waals surface area contributed by atoms with Crippen LogP contribution in [0.3, 0.4) is 0 Å². The molecule has 1 saturated heterocycles. The van der Waals surface area contributed by atoms with Gasteiger partial charge in [-0.05, 0) is 30.1 Å². The maximum atomic E-state index is 5.66. The highest BCUT2D eigenvalue weighted by molar-refractivity contribution is 5.95. The predicted octanol–water partition coefficient (Wildman–Crippen LogP) is 4.06. The number of pyridine rings is 1. The van der Waals surface area contributed by atoms with Gasteiger partial charge in [-0.3, -0.25) is 0 Å². The molecular formula is C23H27N3O2. The first kappa shape index (κ1) is 18.6. The molecule has 0 saturated carbocycles. The molecule has 0 radical (unpaired) electrons. The van der Waals surface area contributed by atoms with Crippen molar-refractivity contribution in [2.24, 2.45) is 0 Å². The van der Waals surface area contributed by atoms with Crippen LogP contribution in [0.25, 0.3) is 22.0 Å². The number of benzene rings is 2. The molecule has 28 heavy (non-hydrogen) atoms. The molecule has 2 heterocycles. The number of likely N-dealkylation sites (N-methyl/N-ethyl adjacent to an activating group) is 1. The normalized spacial score (nSPS) is 15.0. The van der Waals surface area contributed by atoms with Gasteiger partial charge in [-0.2, -0.15) is 0 Å². The van der Waals surface area contributed by atoms with E-state index in [0.29, 0.717) is 5.75 Å². The molecule has 1 aliphatic heterocycles. The number of para-hydroxylation sites is 1. The molecule has 0 atom stereocenters. The van der Waals surface area contributed by atoms with E-state index >= 15 is 0 Å². The highest BCUT2D eigenvalue weighted by Gasteiger charge is 2.21. The van der Waals surface area contributed by atoms with Crippen molar-refractivity contribution in [3.8, 4) is 22.8 Å². The van der Waals surface area contributed by atoms with Gasteiger partial charge in [-0.15, -0.1) is 0 Å². The molecule has 1 aromatic heterocycles. The Hall–Kier alpha value is -2.79. The van der Waals surface area contributed by atoms with Crippen LogP contribution in [0.5, 0.6) is 11.5 Å². The first-order chi connectivity index (χ1) is 13.7. The fourth-order valence-electron chi connectivity index (χ4n) is 3.92. The Balaban J connectivity index is 1.84. The zero-order valence-electron chi connectivity index (χ0n) is 16.8. The molecule has 0 N–H and O–H groups in total. The van der Waals surface area contributed by atoms with E-state index in [1.165, 1.54) is 10.8 Å². The van der Waals surface area contributed by atoms with Gasteiger partial charge < -0.3 is 19.3 Å². The maximum absolute atomic E-state index is 5.66. The molecule has 0 unspecified atom stereocenters. The number of ether oxygens (including phenoxy) is 2. The van der Waals surface area contributed by atoms with Gasteiger partial charge in [0.15, 0.2) is 11.5 Å². The average Bonchev–Trinajstić information content (AvgIpc) is 2.77. The number of rotatable bonds is 5. The number of piperazine rings is 1. The Morgan fingerprint density at radius 3 is 2.43 bits per heavy atom. The van der Waals surface area contributed by atoms with Gasteiger partial charge in [0.05, 0.1) is 19.9 Å². The lowest BCUT2D eigenvalue weighted by atomic mass is 10.0. The zero-order chi connectivity index (χ0) is 19.5. The largest absolute Gasteiger partial charge is 0.493 e. The van der Waals surface area contributed by atoms with Crippen LogP contribution in [0.2, 0.25) is 0 Å². The Labute approximate surface area is 166 Å². The minimum absolute atomic E-state index is 0.716. The van der Waals surface area contributed by atoms with Gasteiger partial charge >= 0.3 is 0 Å². The van der Waals surface area contributed by atoms with Crippen LogP contribution in [0.1, 0.15) is 6.92 Å². The van der Waals surface area contributed by atoms with E-state index in [4.69, 9.17) is 14.5 Å². The van der Waals surface area contributed by atoms with Gasteiger partial charge in [0.25, 0.3) is 0 Å². The fourth-order valence-corrected chi connectivity index (χ4v) is 3.92. The van der Waals surface area contributed by atoms with Crippen molar-refractivity contribution in [3.63, 3.8) is 0 Å². The van der Waals surface area contributed by atoms with E-state index in [1.807, 2.05) is 18.2 Å². The standard InChI is InChI=1S/C23H27N3O2/c1-4-25-12-14-26(15-13-25)23-18-9-6-5-8-17(18)16-20(24-23)19-10-7-11-21(27-2)22(19)28-3/h5-11,16H,4,12-15H2,1-3H3.